The maximum Gasteiger partial charge on any atom is 0.351 e. The standard InChI is InChI=1S/C2H11N3O3Si/c1-2-9(3-6,4-7)5-8/h3-8H,2H2,1H3. The molecule has 0 unspecified atom stereocenters. The third-order valence-corrected chi connectivity index (χ3v) is 3.31. The Labute approximate surface area is 53.6 Å². The predicted octanol–water partition coefficient (Wildman–Crippen LogP) is -1.12. The Hall–Kier alpha value is -0.0231. The van der Waals surface area contributed by atoms with Crippen molar-refractivity contribution in [1.29, 1.82) is 0 Å². The van der Waals surface area contributed by atoms with Crippen LogP contribution in [0.15, 0.2) is 0 Å². The molecule has 0 amide bonds. The van der Waals surface area contributed by atoms with Crippen LogP contribution in [-0.2, 0) is 0 Å². The molecule has 0 aliphatic carbocycles. The van der Waals surface area contributed by atoms with Crippen LogP contribution in [0.4, 0.5) is 0 Å². The van der Waals surface area contributed by atoms with Gasteiger partial charge in [-0.2, -0.15) is 15.4 Å². The van der Waals surface area contributed by atoms with Gasteiger partial charge in [-0.25, -0.2) is 0 Å². The topological polar surface area (TPSA) is 96.8 Å². The molecule has 9 heavy (non-hydrogen) atoms. The van der Waals surface area contributed by atoms with Gasteiger partial charge in [0.15, 0.2) is 0 Å². The molecule has 0 aromatic carbocycles. The van der Waals surface area contributed by atoms with E-state index in [1.165, 1.54) is 0 Å². The van der Waals surface area contributed by atoms with Crippen molar-refractivity contribution in [3.63, 3.8) is 0 Å². The first-order valence-electron chi connectivity index (χ1n) is 2.48. The third-order valence-electron chi connectivity index (χ3n) is 1.10. The van der Waals surface area contributed by atoms with E-state index in [0.29, 0.717) is 6.04 Å². The molecule has 0 aliphatic rings. The largest absolute Gasteiger partial charge is 0.351 e. The van der Waals surface area contributed by atoms with E-state index in [4.69, 9.17) is 15.6 Å². The van der Waals surface area contributed by atoms with E-state index in [-0.39, 0.29) is 0 Å². The van der Waals surface area contributed by atoms with E-state index in [1.54, 1.807) is 22.4 Å². The van der Waals surface area contributed by atoms with Gasteiger partial charge in [0.1, 0.15) is 0 Å². The lowest BCUT2D eigenvalue weighted by Gasteiger charge is -2.22. The summed E-state index contributed by atoms with van der Waals surface area (Å²) in [6.45, 7) is 1.70. The molecule has 0 saturated heterocycles. The zero-order valence-corrected chi connectivity index (χ0v) is 6.05. The average Bonchev–Trinajstić information content (AvgIpc) is 1.95. The Morgan fingerprint density at radius 2 is 1.44 bits per heavy atom. The van der Waals surface area contributed by atoms with Crippen molar-refractivity contribution >= 4 is 8.56 Å². The molecule has 0 saturated carbocycles. The molecule has 56 valence electrons. The lowest BCUT2D eigenvalue weighted by atomic mass is 11.0. The summed E-state index contributed by atoms with van der Waals surface area (Å²) in [7, 11) is -2.77. The molecule has 0 aromatic rings. The maximum atomic E-state index is 8.34. The van der Waals surface area contributed by atoms with E-state index in [9.17, 15) is 0 Å². The van der Waals surface area contributed by atoms with Crippen molar-refractivity contribution in [3.8, 4) is 0 Å². The fourth-order valence-corrected chi connectivity index (χ4v) is 0.937. The summed E-state index contributed by atoms with van der Waals surface area (Å²) < 4.78 is 0. The van der Waals surface area contributed by atoms with Crippen molar-refractivity contribution < 1.29 is 15.6 Å². The molecule has 0 fully saturated rings. The highest BCUT2D eigenvalue weighted by Crippen LogP contribution is 1.91. The first-order chi connectivity index (χ1) is 4.24. The Bertz CT molecular complexity index is 59.9. The van der Waals surface area contributed by atoms with Crippen molar-refractivity contribution in [2.75, 3.05) is 0 Å². The van der Waals surface area contributed by atoms with Gasteiger partial charge in [0.25, 0.3) is 0 Å². The van der Waals surface area contributed by atoms with Crippen molar-refractivity contribution in [2.24, 2.45) is 0 Å². The van der Waals surface area contributed by atoms with Gasteiger partial charge in [-0.15, -0.1) is 0 Å². The van der Waals surface area contributed by atoms with Gasteiger partial charge in [0, 0.05) is 0 Å². The molecular weight excluding hydrogens is 142 g/mol. The van der Waals surface area contributed by atoms with Crippen molar-refractivity contribution in [1.82, 2.24) is 15.4 Å². The third kappa shape index (κ3) is 1.99. The molecule has 6 N–H and O–H groups in total. The summed E-state index contributed by atoms with van der Waals surface area (Å²) in [6, 6.07) is 0.399. The zero-order chi connectivity index (χ0) is 7.33. The fourth-order valence-electron chi connectivity index (χ4n) is 0.312. The van der Waals surface area contributed by atoms with Crippen LogP contribution in [0.1, 0.15) is 6.92 Å². The Kier molecular flexibility index (Phi) is 3.89. The van der Waals surface area contributed by atoms with Gasteiger partial charge in [-0.3, -0.25) is 0 Å². The number of hydrogen-bond donors (Lipinski definition) is 6. The van der Waals surface area contributed by atoms with Gasteiger partial charge in [-0.1, -0.05) is 6.92 Å². The van der Waals surface area contributed by atoms with Crippen LogP contribution in [0.2, 0.25) is 6.04 Å². The van der Waals surface area contributed by atoms with Gasteiger partial charge in [0.2, 0.25) is 0 Å². The second kappa shape index (κ2) is 3.90. The molecule has 0 aliphatic heterocycles. The molecular formula is C2H11N3O3Si. The van der Waals surface area contributed by atoms with Crippen LogP contribution in [0.3, 0.4) is 0 Å². The molecule has 0 rings (SSSR count). The minimum atomic E-state index is -2.77. The molecule has 0 spiro atoms. The quantitative estimate of drug-likeness (QED) is 0.226. The molecule has 0 aromatic heterocycles. The summed E-state index contributed by atoms with van der Waals surface area (Å²) in [4.78, 5) is 0. The normalized spacial score (nSPS) is 12.0. The number of hydrogen-bond acceptors (Lipinski definition) is 6. The minimum Gasteiger partial charge on any atom is -0.321 e. The van der Waals surface area contributed by atoms with Crippen molar-refractivity contribution in [3.05, 3.63) is 0 Å². The molecule has 0 heterocycles. The Morgan fingerprint density at radius 3 is 1.44 bits per heavy atom. The fraction of sp³-hybridized carbons (Fsp3) is 1.00. The SMILES string of the molecule is CC[Si](NO)(NO)NO. The minimum absolute atomic E-state index is 0.399. The van der Waals surface area contributed by atoms with E-state index in [2.05, 4.69) is 0 Å². The summed E-state index contributed by atoms with van der Waals surface area (Å²) >= 11 is 0. The lowest BCUT2D eigenvalue weighted by molar-refractivity contribution is 0.137. The highest BCUT2D eigenvalue weighted by atomic mass is 28.4. The van der Waals surface area contributed by atoms with E-state index in [1.807, 2.05) is 0 Å². The van der Waals surface area contributed by atoms with E-state index < -0.39 is 8.56 Å². The van der Waals surface area contributed by atoms with Gasteiger partial charge in [-0.05, 0) is 6.04 Å². The van der Waals surface area contributed by atoms with Crippen LogP contribution in [0, 0.1) is 0 Å². The molecule has 0 atom stereocenters. The maximum absolute atomic E-state index is 8.34. The van der Waals surface area contributed by atoms with Gasteiger partial charge < -0.3 is 15.6 Å². The molecule has 0 bridgehead atoms. The lowest BCUT2D eigenvalue weighted by Crippen LogP contribution is -2.69. The average molecular weight is 153 g/mol. The second-order valence-corrected chi connectivity index (χ2v) is 4.78. The summed E-state index contributed by atoms with van der Waals surface area (Å²) in [5, 5.41) is 30.4. The van der Waals surface area contributed by atoms with E-state index in [0.717, 1.165) is 0 Å². The first kappa shape index (κ1) is 8.98. The van der Waals surface area contributed by atoms with Crippen LogP contribution in [0.25, 0.3) is 0 Å². The van der Waals surface area contributed by atoms with Crippen LogP contribution < -0.4 is 15.4 Å². The molecule has 7 heteroatoms. The van der Waals surface area contributed by atoms with Gasteiger partial charge >= 0.3 is 8.56 Å². The molecule has 6 nitrogen and oxygen atoms in total. The summed E-state index contributed by atoms with van der Waals surface area (Å²) in [5.41, 5.74) is 0. The van der Waals surface area contributed by atoms with Crippen LogP contribution in [-0.4, -0.2) is 24.2 Å². The summed E-state index contributed by atoms with van der Waals surface area (Å²) in [6.07, 6.45) is 0. The zero-order valence-electron chi connectivity index (χ0n) is 5.05. The highest BCUT2D eigenvalue weighted by molar-refractivity contribution is 6.71. The first-order valence-corrected chi connectivity index (χ1v) is 4.69. The number of nitrogens with one attached hydrogen (secondary N) is 3. The number of rotatable bonds is 4. The second-order valence-electron chi connectivity index (χ2n) is 1.59. The van der Waals surface area contributed by atoms with Gasteiger partial charge in [0.05, 0.1) is 0 Å². The van der Waals surface area contributed by atoms with E-state index >= 15 is 0 Å². The Balaban J connectivity index is 3.82. The van der Waals surface area contributed by atoms with Crippen LogP contribution in [0.5, 0.6) is 0 Å². The monoisotopic (exact) mass is 153 g/mol. The smallest absolute Gasteiger partial charge is 0.321 e. The molecule has 0 radical (unpaired) electrons. The highest BCUT2D eigenvalue weighted by Gasteiger charge is 2.30. The van der Waals surface area contributed by atoms with Crippen molar-refractivity contribution in [2.45, 2.75) is 13.0 Å². The summed E-state index contributed by atoms with van der Waals surface area (Å²) in [5.74, 6) is 0. The Morgan fingerprint density at radius 1 is 1.11 bits per heavy atom. The van der Waals surface area contributed by atoms with Crippen LogP contribution >= 0.6 is 0 Å². The predicted molar refractivity (Wildman–Crippen MR) is 31.0 cm³/mol.